The normalized spacial score (nSPS) is 12.0. The van der Waals surface area contributed by atoms with E-state index in [1.807, 2.05) is 26.1 Å². The zero-order valence-electron chi connectivity index (χ0n) is 10.8. The maximum Gasteiger partial charge on any atom is 0.138 e. The average Bonchev–Trinajstić information content (AvgIpc) is 2.41. The summed E-state index contributed by atoms with van der Waals surface area (Å²) in [6, 6.07) is 11.8. The monoisotopic (exact) mass is 279 g/mol. The Balaban J connectivity index is 2.17. The van der Waals surface area contributed by atoms with Crippen LogP contribution in [0.4, 0.5) is 10.1 Å². The molecule has 0 aliphatic carbocycles. The first-order chi connectivity index (χ1) is 9.10. The molecule has 0 aromatic heterocycles. The number of anilines is 1. The van der Waals surface area contributed by atoms with Gasteiger partial charge in [0.05, 0.1) is 5.02 Å². The molecule has 0 amide bonds. The van der Waals surface area contributed by atoms with Crippen LogP contribution in [0.3, 0.4) is 0 Å². The summed E-state index contributed by atoms with van der Waals surface area (Å²) in [4.78, 5) is 0. The van der Waals surface area contributed by atoms with E-state index < -0.39 is 0 Å². The molecule has 0 fully saturated rings. The number of nitrogens with one attached hydrogen (secondary N) is 1. The molecule has 1 atom stereocenters. The van der Waals surface area contributed by atoms with Crippen LogP contribution in [-0.4, -0.2) is 7.05 Å². The molecule has 0 radical (unpaired) electrons. The van der Waals surface area contributed by atoms with Crippen LogP contribution in [0.2, 0.25) is 5.02 Å². The van der Waals surface area contributed by atoms with Crippen molar-refractivity contribution >= 4 is 17.3 Å². The Hall–Kier alpha value is -1.74. The Morgan fingerprint density at radius 1 is 1.21 bits per heavy atom. The van der Waals surface area contributed by atoms with Gasteiger partial charge in [-0.1, -0.05) is 23.7 Å². The summed E-state index contributed by atoms with van der Waals surface area (Å²) in [5.74, 6) is 0.307. The second kappa shape index (κ2) is 5.93. The van der Waals surface area contributed by atoms with E-state index in [0.29, 0.717) is 10.8 Å². The van der Waals surface area contributed by atoms with E-state index in [4.69, 9.17) is 16.3 Å². The van der Waals surface area contributed by atoms with Crippen LogP contribution in [0.15, 0.2) is 42.5 Å². The lowest BCUT2D eigenvalue weighted by molar-refractivity contribution is 0.226. The molecule has 19 heavy (non-hydrogen) atoms. The molecule has 2 aromatic rings. The van der Waals surface area contributed by atoms with Gasteiger partial charge in [-0.2, -0.15) is 0 Å². The summed E-state index contributed by atoms with van der Waals surface area (Å²) in [7, 11) is 1.82. The molecule has 0 aliphatic rings. The zero-order valence-corrected chi connectivity index (χ0v) is 11.5. The van der Waals surface area contributed by atoms with Crippen LogP contribution in [-0.2, 0) is 0 Å². The summed E-state index contributed by atoms with van der Waals surface area (Å²) in [5, 5.41) is 3.52. The summed E-state index contributed by atoms with van der Waals surface area (Å²) >= 11 is 6.13. The van der Waals surface area contributed by atoms with Gasteiger partial charge in [-0.05, 0) is 42.8 Å². The summed E-state index contributed by atoms with van der Waals surface area (Å²) in [6.45, 7) is 1.86. The van der Waals surface area contributed by atoms with Crippen LogP contribution < -0.4 is 10.1 Å². The number of ether oxygens (including phenoxy) is 1. The quantitative estimate of drug-likeness (QED) is 0.879. The molecule has 100 valence electrons. The third-order valence-electron chi connectivity index (χ3n) is 2.84. The minimum Gasteiger partial charge on any atom is -0.484 e. The molecule has 0 heterocycles. The van der Waals surface area contributed by atoms with Gasteiger partial charge in [-0.25, -0.2) is 4.39 Å². The van der Waals surface area contributed by atoms with E-state index in [0.717, 1.165) is 11.3 Å². The standard InChI is InChI=1S/C15H15ClFNO/c1-10(11-4-3-5-12(17)8-11)19-15-7-6-13(18-2)9-14(15)16/h3-10,18H,1-2H3. The van der Waals surface area contributed by atoms with Crippen molar-refractivity contribution in [3.63, 3.8) is 0 Å². The molecule has 2 rings (SSSR count). The molecule has 0 saturated heterocycles. The second-order valence-electron chi connectivity index (χ2n) is 4.21. The highest BCUT2D eigenvalue weighted by atomic mass is 35.5. The van der Waals surface area contributed by atoms with Gasteiger partial charge >= 0.3 is 0 Å². The van der Waals surface area contributed by atoms with Crippen LogP contribution in [0.1, 0.15) is 18.6 Å². The second-order valence-corrected chi connectivity index (χ2v) is 4.62. The van der Waals surface area contributed by atoms with Crippen molar-refractivity contribution in [3.8, 4) is 5.75 Å². The fraction of sp³-hybridized carbons (Fsp3) is 0.200. The van der Waals surface area contributed by atoms with Crippen LogP contribution >= 0.6 is 11.6 Å². The van der Waals surface area contributed by atoms with E-state index in [-0.39, 0.29) is 11.9 Å². The van der Waals surface area contributed by atoms with E-state index in [1.54, 1.807) is 18.2 Å². The first-order valence-electron chi connectivity index (χ1n) is 5.99. The van der Waals surface area contributed by atoms with Gasteiger partial charge in [0.1, 0.15) is 17.7 Å². The van der Waals surface area contributed by atoms with Gasteiger partial charge in [0.15, 0.2) is 0 Å². The highest BCUT2D eigenvalue weighted by molar-refractivity contribution is 6.32. The van der Waals surface area contributed by atoms with Crippen molar-refractivity contribution in [2.75, 3.05) is 12.4 Å². The lowest BCUT2D eigenvalue weighted by Crippen LogP contribution is -2.04. The maximum atomic E-state index is 13.2. The lowest BCUT2D eigenvalue weighted by Gasteiger charge is -2.16. The SMILES string of the molecule is CNc1ccc(OC(C)c2cccc(F)c2)c(Cl)c1. The molecule has 4 heteroatoms. The van der Waals surface area contributed by atoms with Gasteiger partial charge in [0.2, 0.25) is 0 Å². The fourth-order valence-corrected chi connectivity index (χ4v) is 1.99. The molecular formula is C15H15ClFNO. The van der Waals surface area contributed by atoms with E-state index >= 15 is 0 Å². The van der Waals surface area contributed by atoms with Gasteiger partial charge < -0.3 is 10.1 Å². The Kier molecular flexibility index (Phi) is 4.27. The third kappa shape index (κ3) is 3.38. The Bertz CT molecular complexity index is 574. The molecule has 1 N–H and O–H groups in total. The van der Waals surface area contributed by atoms with Gasteiger partial charge in [0.25, 0.3) is 0 Å². The van der Waals surface area contributed by atoms with Crippen molar-refractivity contribution in [3.05, 3.63) is 58.9 Å². The number of halogens is 2. The largest absolute Gasteiger partial charge is 0.484 e. The van der Waals surface area contributed by atoms with Crippen LogP contribution in [0, 0.1) is 5.82 Å². The molecule has 0 saturated carbocycles. The summed E-state index contributed by atoms with van der Waals surface area (Å²) in [5.41, 5.74) is 1.68. The van der Waals surface area contributed by atoms with Crippen LogP contribution in [0.5, 0.6) is 5.75 Å². The molecular weight excluding hydrogens is 265 g/mol. The molecule has 0 spiro atoms. The Labute approximate surface area is 117 Å². The molecule has 0 bridgehead atoms. The van der Waals surface area contributed by atoms with Gasteiger partial charge in [-0.15, -0.1) is 0 Å². The van der Waals surface area contributed by atoms with Crippen molar-refractivity contribution in [2.45, 2.75) is 13.0 Å². The predicted molar refractivity (Wildman–Crippen MR) is 76.4 cm³/mol. The van der Waals surface area contributed by atoms with E-state index in [2.05, 4.69) is 5.32 Å². The number of rotatable bonds is 4. The Morgan fingerprint density at radius 3 is 2.63 bits per heavy atom. The molecule has 0 aliphatic heterocycles. The molecule has 1 unspecified atom stereocenters. The minimum atomic E-state index is -0.274. The minimum absolute atomic E-state index is 0.270. The van der Waals surface area contributed by atoms with E-state index in [1.165, 1.54) is 12.1 Å². The zero-order chi connectivity index (χ0) is 13.8. The van der Waals surface area contributed by atoms with Gasteiger partial charge in [0, 0.05) is 12.7 Å². The molecule has 2 nitrogen and oxygen atoms in total. The summed E-state index contributed by atoms with van der Waals surface area (Å²) in [6.07, 6.45) is -0.270. The summed E-state index contributed by atoms with van der Waals surface area (Å²) < 4.78 is 18.9. The Morgan fingerprint density at radius 2 is 2.00 bits per heavy atom. The topological polar surface area (TPSA) is 21.3 Å². The number of hydrogen-bond acceptors (Lipinski definition) is 2. The van der Waals surface area contributed by atoms with Crippen molar-refractivity contribution in [1.29, 1.82) is 0 Å². The number of benzene rings is 2. The third-order valence-corrected chi connectivity index (χ3v) is 3.14. The van der Waals surface area contributed by atoms with E-state index in [9.17, 15) is 4.39 Å². The smallest absolute Gasteiger partial charge is 0.138 e. The first kappa shape index (κ1) is 13.7. The number of hydrogen-bond donors (Lipinski definition) is 1. The van der Waals surface area contributed by atoms with Crippen molar-refractivity contribution in [1.82, 2.24) is 0 Å². The first-order valence-corrected chi connectivity index (χ1v) is 6.37. The molecule has 2 aromatic carbocycles. The highest BCUT2D eigenvalue weighted by Crippen LogP contribution is 2.31. The lowest BCUT2D eigenvalue weighted by atomic mass is 10.1. The predicted octanol–water partition coefficient (Wildman–Crippen LogP) is 4.66. The maximum absolute atomic E-state index is 13.2. The van der Waals surface area contributed by atoms with Crippen molar-refractivity contribution < 1.29 is 9.13 Å². The fourth-order valence-electron chi connectivity index (χ4n) is 1.77. The average molecular weight is 280 g/mol. The van der Waals surface area contributed by atoms with Gasteiger partial charge in [-0.3, -0.25) is 0 Å². The highest BCUT2D eigenvalue weighted by Gasteiger charge is 2.10. The van der Waals surface area contributed by atoms with Crippen LogP contribution in [0.25, 0.3) is 0 Å². The van der Waals surface area contributed by atoms with Crippen molar-refractivity contribution in [2.24, 2.45) is 0 Å².